The Morgan fingerprint density at radius 1 is 1.22 bits per heavy atom. The Hall–Kier alpha value is -2.27. The van der Waals surface area contributed by atoms with Crippen LogP contribution >= 0.6 is 0 Å². The molecule has 5 heteroatoms. The van der Waals surface area contributed by atoms with E-state index in [-0.39, 0.29) is 0 Å². The van der Waals surface area contributed by atoms with Gasteiger partial charge in [0.05, 0.1) is 5.69 Å². The summed E-state index contributed by atoms with van der Waals surface area (Å²) in [6.45, 7) is 2.34. The Balaban J connectivity index is 2.36. The zero-order valence-electron chi connectivity index (χ0n) is 10.0. The Morgan fingerprint density at radius 3 is 2.72 bits per heavy atom. The number of nitrogens with two attached hydrogens (primary N) is 1. The van der Waals surface area contributed by atoms with Gasteiger partial charge in [-0.05, 0) is 24.6 Å². The van der Waals surface area contributed by atoms with E-state index in [1.165, 1.54) is 0 Å². The Labute approximate surface area is 104 Å². The molecule has 18 heavy (non-hydrogen) atoms. The number of rotatable bonds is 2. The number of aryl methyl sites for hydroxylation is 1. The molecule has 0 aromatic carbocycles. The van der Waals surface area contributed by atoms with Crippen LogP contribution in [0.1, 0.15) is 11.4 Å². The first-order valence-corrected chi connectivity index (χ1v) is 5.74. The van der Waals surface area contributed by atoms with Crippen LogP contribution in [0.15, 0.2) is 30.7 Å². The molecule has 3 aromatic rings. The largest absolute Gasteiger partial charge is 0.346 e. The summed E-state index contributed by atoms with van der Waals surface area (Å²) in [6.07, 6.45) is 5.41. The number of pyridine rings is 1. The van der Waals surface area contributed by atoms with Gasteiger partial charge in [-0.3, -0.25) is 4.98 Å². The van der Waals surface area contributed by atoms with Crippen LogP contribution in [0.2, 0.25) is 0 Å². The molecule has 0 saturated carbocycles. The molecule has 5 nitrogen and oxygen atoms in total. The van der Waals surface area contributed by atoms with E-state index in [1.54, 1.807) is 12.4 Å². The number of hydrogen-bond donors (Lipinski definition) is 2. The van der Waals surface area contributed by atoms with Crippen LogP contribution in [-0.4, -0.2) is 19.9 Å². The molecule has 3 heterocycles. The molecule has 0 aliphatic heterocycles. The van der Waals surface area contributed by atoms with Crippen LogP contribution in [0, 0.1) is 6.92 Å². The Kier molecular flexibility index (Phi) is 2.53. The van der Waals surface area contributed by atoms with Gasteiger partial charge in [0, 0.05) is 36.1 Å². The number of aromatic amines is 1. The van der Waals surface area contributed by atoms with Gasteiger partial charge in [0.2, 0.25) is 0 Å². The zero-order chi connectivity index (χ0) is 12.5. The molecule has 0 radical (unpaired) electrons. The van der Waals surface area contributed by atoms with Crippen molar-refractivity contribution >= 4 is 11.0 Å². The number of H-pyrrole nitrogens is 1. The van der Waals surface area contributed by atoms with Gasteiger partial charge in [-0.1, -0.05) is 0 Å². The third-order valence-corrected chi connectivity index (χ3v) is 2.90. The van der Waals surface area contributed by atoms with Gasteiger partial charge in [-0.15, -0.1) is 0 Å². The molecule has 0 spiro atoms. The molecule has 0 fully saturated rings. The van der Waals surface area contributed by atoms with Crippen LogP contribution in [0.25, 0.3) is 22.3 Å². The van der Waals surface area contributed by atoms with E-state index in [1.807, 2.05) is 25.3 Å². The van der Waals surface area contributed by atoms with Crippen LogP contribution in [0.3, 0.4) is 0 Å². The number of nitrogens with one attached hydrogen (secondary N) is 1. The lowest BCUT2D eigenvalue weighted by molar-refractivity contribution is 1.07. The highest BCUT2D eigenvalue weighted by atomic mass is 14.9. The monoisotopic (exact) mass is 239 g/mol. The third-order valence-electron chi connectivity index (χ3n) is 2.90. The predicted molar refractivity (Wildman–Crippen MR) is 69.7 cm³/mol. The lowest BCUT2D eigenvalue weighted by atomic mass is 10.1. The minimum Gasteiger partial charge on any atom is -0.346 e. The van der Waals surface area contributed by atoms with Crippen molar-refractivity contribution in [3.8, 4) is 11.3 Å². The van der Waals surface area contributed by atoms with Gasteiger partial charge in [0.15, 0.2) is 0 Å². The van der Waals surface area contributed by atoms with E-state index < -0.39 is 0 Å². The second kappa shape index (κ2) is 4.19. The molecule has 0 amide bonds. The molecule has 0 bridgehead atoms. The lowest BCUT2D eigenvalue weighted by Gasteiger charge is -2.05. The molecule has 0 atom stereocenters. The summed E-state index contributed by atoms with van der Waals surface area (Å²) in [6, 6.07) is 3.88. The third kappa shape index (κ3) is 1.65. The van der Waals surface area contributed by atoms with Gasteiger partial charge < -0.3 is 10.7 Å². The van der Waals surface area contributed by atoms with Crippen LogP contribution < -0.4 is 5.73 Å². The zero-order valence-corrected chi connectivity index (χ0v) is 10.0. The average Bonchev–Trinajstić information content (AvgIpc) is 2.81. The van der Waals surface area contributed by atoms with E-state index in [0.717, 1.165) is 33.7 Å². The molecular weight excluding hydrogens is 226 g/mol. The maximum atomic E-state index is 5.76. The van der Waals surface area contributed by atoms with Gasteiger partial charge in [0.1, 0.15) is 11.5 Å². The molecule has 0 saturated heterocycles. The second-order valence-corrected chi connectivity index (χ2v) is 4.10. The Bertz CT molecular complexity index is 687. The van der Waals surface area contributed by atoms with E-state index in [9.17, 15) is 0 Å². The molecule has 0 aliphatic rings. The van der Waals surface area contributed by atoms with Gasteiger partial charge in [-0.2, -0.15) is 0 Å². The number of nitrogens with zero attached hydrogens (tertiary/aromatic N) is 3. The molecule has 3 N–H and O–H groups in total. The molecule has 3 rings (SSSR count). The molecule has 3 aromatic heterocycles. The SMILES string of the molecule is Cc1nc(-c2ccncc2)c2c(CN)c[nH]c2n1. The van der Waals surface area contributed by atoms with E-state index in [2.05, 4.69) is 19.9 Å². The van der Waals surface area contributed by atoms with E-state index >= 15 is 0 Å². The topological polar surface area (TPSA) is 80.5 Å². The summed E-state index contributed by atoms with van der Waals surface area (Å²) in [5.41, 5.74) is 9.54. The number of fused-ring (bicyclic) bond motifs is 1. The second-order valence-electron chi connectivity index (χ2n) is 4.10. The summed E-state index contributed by atoms with van der Waals surface area (Å²) in [4.78, 5) is 16.1. The van der Waals surface area contributed by atoms with Crippen molar-refractivity contribution in [3.05, 3.63) is 42.1 Å². The summed E-state index contributed by atoms with van der Waals surface area (Å²) >= 11 is 0. The normalized spacial score (nSPS) is 11.0. The fourth-order valence-electron chi connectivity index (χ4n) is 2.09. The smallest absolute Gasteiger partial charge is 0.141 e. The molecular formula is C13H13N5. The quantitative estimate of drug-likeness (QED) is 0.714. The average molecular weight is 239 g/mol. The number of aromatic nitrogens is 4. The van der Waals surface area contributed by atoms with E-state index in [4.69, 9.17) is 5.73 Å². The van der Waals surface area contributed by atoms with Crippen molar-refractivity contribution in [3.63, 3.8) is 0 Å². The first-order chi connectivity index (χ1) is 8.79. The van der Waals surface area contributed by atoms with Gasteiger partial charge in [0.25, 0.3) is 0 Å². The minimum atomic E-state index is 0.463. The highest BCUT2D eigenvalue weighted by molar-refractivity contribution is 5.93. The highest BCUT2D eigenvalue weighted by Crippen LogP contribution is 2.28. The predicted octanol–water partition coefficient (Wildman–Crippen LogP) is 1.79. The Morgan fingerprint density at radius 2 is 2.00 bits per heavy atom. The lowest BCUT2D eigenvalue weighted by Crippen LogP contribution is -1.98. The molecule has 90 valence electrons. The van der Waals surface area contributed by atoms with Crippen molar-refractivity contribution < 1.29 is 0 Å². The standard InChI is InChI=1S/C13H13N5/c1-8-17-12(9-2-4-15-5-3-9)11-10(6-14)7-16-13(11)18-8/h2-5,7H,6,14H2,1H3,(H,16,17,18). The van der Waals surface area contributed by atoms with Gasteiger partial charge in [-0.25, -0.2) is 9.97 Å². The maximum Gasteiger partial charge on any atom is 0.141 e. The molecule has 0 aliphatic carbocycles. The summed E-state index contributed by atoms with van der Waals surface area (Å²) in [7, 11) is 0. The first kappa shape index (κ1) is 10.9. The van der Waals surface area contributed by atoms with Crippen molar-refractivity contribution in [2.24, 2.45) is 5.73 Å². The van der Waals surface area contributed by atoms with Crippen LogP contribution in [0.4, 0.5) is 0 Å². The molecule has 0 unspecified atom stereocenters. The fraction of sp³-hybridized carbons (Fsp3) is 0.154. The minimum absolute atomic E-state index is 0.463. The number of hydrogen-bond acceptors (Lipinski definition) is 4. The van der Waals surface area contributed by atoms with Gasteiger partial charge >= 0.3 is 0 Å². The van der Waals surface area contributed by atoms with Crippen molar-refractivity contribution in [2.45, 2.75) is 13.5 Å². The fourth-order valence-corrected chi connectivity index (χ4v) is 2.09. The van der Waals surface area contributed by atoms with Crippen molar-refractivity contribution in [1.82, 2.24) is 19.9 Å². The van der Waals surface area contributed by atoms with E-state index in [0.29, 0.717) is 6.54 Å². The van der Waals surface area contributed by atoms with Crippen LogP contribution in [0.5, 0.6) is 0 Å². The first-order valence-electron chi connectivity index (χ1n) is 5.74. The maximum absolute atomic E-state index is 5.76. The van der Waals surface area contributed by atoms with Crippen LogP contribution in [-0.2, 0) is 6.54 Å². The summed E-state index contributed by atoms with van der Waals surface area (Å²) < 4.78 is 0. The summed E-state index contributed by atoms with van der Waals surface area (Å²) in [5, 5.41) is 0.995. The van der Waals surface area contributed by atoms with Crippen molar-refractivity contribution in [2.75, 3.05) is 0 Å². The summed E-state index contributed by atoms with van der Waals surface area (Å²) in [5.74, 6) is 0.736. The highest BCUT2D eigenvalue weighted by Gasteiger charge is 2.12. The van der Waals surface area contributed by atoms with Crippen molar-refractivity contribution in [1.29, 1.82) is 0 Å².